The Morgan fingerprint density at radius 2 is 2.12 bits per heavy atom. The Labute approximate surface area is 145 Å². The number of nitrogens with one attached hydrogen (secondary N) is 1. The van der Waals surface area contributed by atoms with Gasteiger partial charge in [-0.25, -0.2) is 9.18 Å². The lowest BCUT2D eigenvalue weighted by Gasteiger charge is -2.58. The zero-order valence-corrected chi connectivity index (χ0v) is 14.6. The van der Waals surface area contributed by atoms with Gasteiger partial charge >= 0.3 is 5.97 Å². The summed E-state index contributed by atoms with van der Waals surface area (Å²) in [6.07, 6.45) is -0.163. The first-order chi connectivity index (χ1) is 11.1. The molecule has 1 aromatic rings. The molecule has 0 saturated heterocycles. The van der Waals surface area contributed by atoms with Gasteiger partial charge in [0.05, 0.1) is 12.5 Å². The second-order valence-corrected chi connectivity index (χ2v) is 6.95. The number of benzene rings is 1. The van der Waals surface area contributed by atoms with Gasteiger partial charge in [-0.1, -0.05) is 31.5 Å². The van der Waals surface area contributed by atoms with Gasteiger partial charge in [-0.3, -0.25) is 4.79 Å². The molecule has 2 N–H and O–H groups in total. The van der Waals surface area contributed by atoms with E-state index in [-0.39, 0.29) is 24.0 Å². The molecule has 1 saturated carbocycles. The van der Waals surface area contributed by atoms with Crippen molar-refractivity contribution in [1.82, 2.24) is 5.32 Å². The molecule has 132 valence electrons. The second-order valence-electron chi connectivity index (χ2n) is 6.54. The van der Waals surface area contributed by atoms with Gasteiger partial charge < -0.3 is 15.2 Å². The van der Waals surface area contributed by atoms with E-state index in [0.717, 1.165) is 6.07 Å². The van der Waals surface area contributed by atoms with Crippen LogP contribution in [-0.4, -0.2) is 35.2 Å². The van der Waals surface area contributed by atoms with E-state index in [1.54, 1.807) is 13.8 Å². The number of rotatable bonds is 6. The SMILES string of the molecule is CCOC1CC(NC(=O)Cc2ccc(F)cc2Cl)(C(=O)O)C1(C)C. The lowest BCUT2D eigenvalue weighted by atomic mass is 9.54. The number of aliphatic carboxylic acids is 1. The van der Waals surface area contributed by atoms with Gasteiger partial charge in [-0.15, -0.1) is 0 Å². The summed E-state index contributed by atoms with van der Waals surface area (Å²) in [5.41, 5.74) is -1.71. The molecule has 1 fully saturated rings. The van der Waals surface area contributed by atoms with Crippen molar-refractivity contribution in [3.05, 3.63) is 34.6 Å². The van der Waals surface area contributed by atoms with E-state index in [0.29, 0.717) is 12.2 Å². The molecule has 5 nitrogen and oxygen atoms in total. The number of halogens is 2. The molecule has 1 aliphatic rings. The molecule has 7 heteroatoms. The first-order valence-corrected chi connectivity index (χ1v) is 8.11. The fraction of sp³-hybridized carbons (Fsp3) is 0.529. The molecule has 0 radical (unpaired) electrons. The van der Waals surface area contributed by atoms with Crippen LogP contribution < -0.4 is 5.32 Å². The minimum atomic E-state index is -1.39. The number of carboxylic acid groups (broad SMARTS) is 1. The number of amides is 1. The fourth-order valence-electron chi connectivity index (χ4n) is 3.16. The number of hydrogen-bond acceptors (Lipinski definition) is 3. The average molecular weight is 358 g/mol. The Bertz CT molecular complexity index is 664. The van der Waals surface area contributed by atoms with Crippen molar-refractivity contribution >= 4 is 23.5 Å². The van der Waals surface area contributed by atoms with E-state index in [1.807, 2.05) is 6.92 Å². The summed E-state index contributed by atoms with van der Waals surface area (Å²) < 4.78 is 18.6. The summed E-state index contributed by atoms with van der Waals surface area (Å²) in [7, 11) is 0. The molecule has 24 heavy (non-hydrogen) atoms. The van der Waals surface area contributed by atoms with Crippen LogP contribution in [0.5, 0.6) is 0 Å². The van der Waals surface area contributed by atoms with Crippen LogP contribution in [-0.2, 0) is 20.7 Å². The maximum Gasteiger partial charge on any atom is 0.330 e. The monoisotopic (exact) mass is 357 g/mol. The van der Waals surface area contributed by atoms with Crippen LogP contribution in [0.1, 0.15) is 32.8 Å². The maximum atomic E-state index is 13.1. The van der Waals surface area contributed by atoms with Crippen LogP contribution in [0.4, 0.5) is 4.39 Å². The molecule has 1 aromatic carbocycles. The van der Waals surface area contributed by atoms with Crippen LogP contribution in [0.25, 0.3) is 0 Å². The third kappa shape index (κ3) is 3.13. The second kappa shape index (κ2) is 6.69. The van der Waals surface area contributed by atoms with E-state index in [1.165, 1.54) is 12.1 Å². The summed E-state index contributed by atoms with van der Waals surface area (Å²) in [5.74, 6) is -2.07. The van der Waals surface area contributed by atoms with E-state index in [4.69, 9.17) is 16.3 Å². The van der Waals surface area contributed by atoms with Gasteiger partial charge in [0.2, 0.25) is 5.91 Å². The highest BCUT2D eigenvalue weighted by molar-refractivity contribution is 6.31. The zero-order chi connectivity index (χ0) is 18.1. The van der Waals surface area contributed by atoms with Crippen LogP contribution in [0.3, 0.4) is 0 Å². The molecular weight excluding hydrogens is 337 g/mol. The van der Waals surface area contributed by atoms with Crippen molar-refractivity contribution in [3.8, 4) is 0 Å². The van der Waals surface area contributed by atoms with Crippen LogP contribution in [0.15, 0.2) is 18.2 Å². The van der Waals surface area contributed by atoms with Gasteiger partial charge in [-0.2, -0.15) is 0 Å². The Morgan fingerprint density at radius 3 is 2.62 bits per heavy atom. The fourth-order valence-corrected chi connectivity index (χ4v) is 3.39. The minimum Gasteiger partial charge on any atom is -0.479 e. The predicted octanol–water partition coefficient (Wildman–Crippen LogP) is 2.80. The van der Waals surface area contributed by atoms with E-state index < -0.39 is 28.6 Å². The summed E-state index contributed by atoms with van der Waals surface area (Å²) in [6.45, 7) is 5.83. The van der Waals surface area contributed by atoms with Gasteiger partial charge in [0.1, 0.15) is 11.4 Å². The van der Waals surface area contributed by atoms with Crippen LogP contribution in [0, 0.1) is 11.2 Å². The first-order valence-electron chi connectivity index (χ1n) is 7.74. The highest BCUT2D eigenvalue weighted by Crippen LogP contribution is 2.51. The van der Waals surface area contributed by atoms with Crippen molar-refractivity contribution in [1.29, 1.82) is 0 Å². The summed E-state index contributed by atoms with van der Waals surface area (Å²) in [6, 6.07) is 3.75. The Hall–Kier alpha value is -1.66. The summed E-state index contributed by atoms with van der Waals surface area (Å²) in [5, 5.41) is 12.4. The van der Waals surface area contributed by atoms with Gasteiger partial charge in [-0.05, 0) is 24.6 Å². The number of ether oxygens (including phenoxy) is 1. The van der Waals surface area contributed by atoms with Gasteiger partial charge in [0, 0.05) is 23.5 Å². The van der Waals surface area contributed by atoms with Crippen LogP contribution in [0.2, 0.25) is 5.02 Å². The number of carbonyl (C=O) groups excluding carboxylic acids is 1. The highest BCUT2D eigenvalue weighted by atomic mass is 35.5. The molecule has 0 spiro atoms. The molecule has 0 aromatic heterocycles. The van der Waals surface area contributed by atoms with Crippen molar-refractivity contribution in [2.24, 2.45) is 5.41 Å². The Morgan fingerprint density at radius 1 is 1.46 bits per heavy atom. The third-order valence-corrected chi connectivity index (χ3v) is 5.20. The van der Waals surface area contributed by atoms with E-state index in [2.05, 4.69) is 5.32 Å². The standard InChI is InChI=1S/C17H21ClFNO4/c1-4-24-13-9-17(15(22)23,16(13,2)3)20-14(21)7-10-5-6-11(19)8-12(10)18/h5-6,8,13H,4,7,9H2,1-3H3,(H,20,21)(H,22,23). The molecule has 0 bridgehead atoms. The highest BCUT2D eigenvalue weighted by Gasteiger charge is 2.66. The van der Waals surface area contributed by atoms with Crippen LogP contribution >= 0.6 is 11.6 Å². The summed E-state index contributed by atoms with van der Waals surface area (Å²) >= 11 is 5.92. The average Bonchev–Trinajstić information content (AvgIpc) is 2.48. The quantitative estimate of drug-likeness (QED) is 0.820. The van der Waals surface area contributed by atoms with Crippen molar-refractivity contribution in [3.63, 3.8) is 0 Å². The molecular formula is C17H21ClFNO4. The maximum absolute atomic E-state index is 13.1. The lowest BCUT2D eigenvalue weighted by Crippen LogP contribution is -2.76. The molecule has 2 unspecified atom stereocenters. The lowest BCUT2D eigenvalue weighted by molar-refractivity contribution is -0.194. The topological polar surface area (TPSA) is 75.6 Å². The summed E-state index contributed by atoms with van der Waals surface area (Å²) in [4.78, 5) is 24.2. The number of carbonyl (C=O) groups is 2. The van der Waals surface area contributed by atoms with Gasteiger partial charge in [0.15, 0.2) is 0 Å². The molecule has 0 aliphatic heterocycles. The third-order valence-electron chi connectivity index (χ3n) is 4.85. The van der Waals surface area contributed by atoms with Crippen molar-refractivity contribution < 1.29 is 23.8 Å². The molecule has 2 rings (SSSR count). The zero-order valence-electron chi connectivity index (χ0n) is 13.9. The number of hydrogen-bond donors (Lipinski definition) is 2. The van der Waals surface area contributed by atoms with Gasteiger partial charge in [0.25, 0.3) is 0 Å². The molecule has 1 aliphatic carbocycles. The van der Waals surface area contributed by atoms with E-state index >= 15 is 0 Å². The van der Waals surface area contributed by atoms with Crippen molar-refractivity contribution in [2.45, 2.75) is 45.3 Å². The molecule has 0 heterocycles. The van der Waals surface area contributed by atoms with E-state index in [9.17, 15) is 19.1 Å². The predicted molar refractivity (Wildman–Crippen MR) is 87.4 cm³/mol. The smallest absolute Gasteiger partial charge is 0.330 e. The van der Waals surface area contributed by atoms with Crippen molar-refractivity contribution in [2.75, 3.05) is 6.61 Å². The molecule has 2 atom stereocenters. The minimum absolute atomic E-state index is 0.122. The first kappa shape index (κ1) is 18.7. The largest absolute Gasteiger partial charge is 0.479 e. The number of carboxylic acids is 1. The Balaban J connectivity index is 2.14. The normalized spacial score (nSPS) is 25.0. The molecule has 1 amide bonds. The Kier molecular flexibility index (Phi) is 5.20.